The molecule has 1 saturated carbocycles. The Labute approximate surface area is 131 Å². The van der Waals surface area contributed by atoms with Crippen molar-refractivity contribution in [2.75, 3.05) is 10.6 Å². The van der Waals surface area contributed by atoms with Crippen molar-refractivity contribution in [2.24, 2.45) is 0 Å². The number of rotatable bonds is 5. The third kappa shape index (κ3) is 4.41. The molecule has 0 spiro atoms. The molecule has 22 heavy (non-hydrogen) atoms. The van der Waals surface area contributed by atoms with Crippen LogP contribution in [0.25, 0.3) is 0 Å². The van der Waals surface area contributed by atoms with Crippen molar-refractivity contribution in [2.45, 2.75) is 51.1 Å². The molecule has 1 aliphatic rings. The Morgan fingerprint density at radius 1 is 0.955 bits per heavy atom. The third-order valence-corrected chi connectivity index (χ3v) is 4.10. The predicted octanol–water partition coefficient (Wildman–Crippen LogP) is 3.62. The average Bonchev–Trinajstić information content (AvgIpc) is 2.83. The Kier molecular flexibility index (Phi) is 5.18. The van der Waals surface area contributed by atoms with Crippen molar-refractivity contribution in [3.63, 3.8) is 0 Å². The largest absolute Gasteiger partial charge is 0.367 e. The van der Waals surface area contributed by atoms with Crippen LogP contribution in [0.2, 0.25) is 0 Å². The highest BCUT2D eigenvalue weighted by Gasteiger charge is 2.12. The molecule has 0 unspecified atom stereocenters. The monoisotopic (exact) mass is 297 g/mol. The van der Waals surface area contributed by atoms with Crippen LogP contribution in [0.5, 0.6) is 0 Å². The molecule has 2 aromatic heterocycles. The van der Waals surface area contributed by atoms with Crippen molar-refractivity contribution in [1.29, 1.82) is 0 Å². The van der Waals surface area contributed by atoms with Crippen LogP contribution in [0, 0.1) is 0 Å². The Bertz CT molecular complexity index is 564. The van der Waals surface area contributed by atoms with E-state index in [0.29, 0.717) is 6.04 Å². The minimum atomic E-state index is 0.547. The topological polar surface area (TPSA) is 62.7 Å². The molecule has 2 heterocycles. The van der Waals surface area contributed by atoms with Crippen molar-refractivity contribution in [1.82, 2.24) is 15.0 Å². The van der Waals surface area contributed by atoms with E-state index in [1.165, 1.54) is 44.1 Å². The number of hydrogen-bond donors (Lipinski definition) is 2. The first-order valence-corrected chi connectivity index (χ1v) is 8.11. The quantitative estimate of drug-likeness (QED) is 0.825. The fourth-order valence-corrected chi connectivity index (χ4v) is 2.86. The molecular formula is C17H23N5. The van der Waals surface area contributed by atoms with Crippen LogP contribution in [0.1, 0.15) is 44.1 Å². The zero-order chi connectivity index (χ0) is 15.0. The molecule has 0 bridgehead atoms. The van der Waals surface area contributed by atoms with Gasteiger partial charge in [-0.3, -0.25) is 4.98 Å². The molecule has 116 valence electrons. The summed E-state index contributed by atoms with van der Waals surface area (Å²) < 4.78 is 0. The van der Waals surface area contributed by atoms with Gasteiger partial charge in [-0.1, -0.05) is 25.7 Å². The van der Waals surface area contributed by atoms with Gasteiger partial charge in [-0.05, 0) is 30.5 Å². The normalized spacial score (nSPS) is 16.0. The van der Waals surface area contributed by atoms with Crippen molar-refractivity contribution >= 4 is 11.6 Å². The smallest absolute Gasteiger partial charge is 0.131 e. The van der Waals surface area contributed by atoms with Gasteiger partial charge < -0.3 is 10.6 Å². The zero-order valence-corrected chi connectivity index (χ0v) is 12.8. The molecule has 3 rings (SSSR count). The maximum Gasteiger partial charge on any atom is 0.131 e. The van der Waals surface area contributed by atoms with Crippen LogP contribution < -0.4 is 10.6 Å². The standard InChI is InChI=1S/C17H23N5/c1-2-4-6-15(5-3-1)22-17-11-16(20-13-21-17)19-12-14-7-9-18-10-8-14/h7-11,13,15H,1-6,12H2,(H2,19,20,21,22). The summed E-state index contributed by atoms with van der Waals surface area (Å²) in [5, 5.41) is 6.89. The van der Waals surface area contributed by atoms with E-state index in [-0.39, 0.29) is 0 Å². The summed E-state index contributed by atoms with van der Waals surface area (Å²) in [4.78, 5) is 12.7. The first kappa shape index (κ1) is 14.8. The molecular weight excluding hydrogens is 274 g/mol. The molecule has 5 nitrogen and oxygen atoms in total. The van der Waals surface area contributed by atoms with E-state index < -0.39 is 0 Å². The predicted molar refractivity (Wildman–Crippen MR) is 88.7 cm³/mol. The molecule has 1 fully saturated rings. The van der Waals surface area contributed by atoms with Gasteiger partial charge in [0, 0.05) is 31.0 Å². The van der Waals surface area contributed by atoms with Crippen LogP contribution in [-0.2, 0) is 6.54 Å². The van der Waals surface area contributed by atoms with E-state index in [1.807, 2.05) is 18.2 Å². The highest BCUT2D eigenvalue weighted by Crippen LogP contribution is 2.21. The molecule has 2 aromatic rings. The second-order valence-corrected chi connectivity index (χ2v) is 5.83. The number of aromatic nitrogens is 3. The first-order valence-electron chi connectivity index (χ1n) is 8.11. The molecule has 2 N–H and O–H groups in total. The molecule has 1 aliphatic carbocycles. The number of hydrogen-bond acceptors (Lipinski definition) is 5. The van der Waals surface area contributed by atoms with Crippen molar-refractivity contribution in [3.05, 3.63) is 42.5 Å². The van der Waals surface area contributed by atoms with Gasteiger partial charge in [-0.25, -0.2) is 9.97 Å². The van der Waals surface area contributed by atoms with Gasteiger partial charge in [0.05, 0.1) is 0 Å². The molecule has 0 amide bonds. The summed E-state index contributed by atoms with van der Waals surface area (Å²) >= 11 is 0. The molecule has 0 saturated heterocycles. The minimum absolute atomic E-state index is 0.547. The first-order chi connectivity index (χ1) is 10.9. The SMILES string of the molecule is c1cc(CNc2cc(NC3CCCCCC3)ncn2)ccn1. The highest BCUT2D eigenvalue weighted by molar-refractivity contribution is 5.47. The van der Waals surface area contributed by atoms with Gasteiger partial charge in [0.1, 0.15) is 18.0 Å². The lowest BCUT2D eigenvalue weighted by molar-refractivity contribution is 0.617. The lowest BCUT2D eigenvalue weighted by Gasteiger charge is -2.17. The van der Waals surface area contributed by atoms with E-state index in [4.69, 9.17) is 0 Å². The van der Waals surface area contributed by atoms with Gasteiger partial charge in [0.15, 0.2) is 0 Å². The summed E-state index contributed by atoms with van der Waals surface area (Å²) in [6, 6.07) is 6.54. The summed E-state index contributed by atoms with van der Waals surface area (Å²) in [7, 11) is 0. The van der Waals surface area contributed by atoms with Crippen LogP contribution >= 0.6 is 0 Å². The summed E-state index contributed by atoms with van der Waals surface area (Å²) in [6.45, 7) is 0.738. The molecule has 0 aliphatic heterocycles. The van der Waals surface area contributed by atoms with Gasteiger partial charge in [-0.15, -0.1) is 0 Å². The number of nitrogens with zero attached hydrogens (tertiary/aromatic N) is 3. The van der Waals surface area contributed by atoms with Crippen molar-refractivity contribution in [3.8, 4) is 0 Å². The second-order valence-electron chi connectivity index (χ2n) is 5.83. The summed E-state index contributed by atoms with van der Waals surface area (Å²) in [5.41, 5.74) is 1.19. The number of nitrogens with one attached hydrogen (secondary N) is 2. The Morgan fingerprint density at radius 2 is 1.68 bits per heavy atom. The summed E-state index contributed by atoms with van der Waals surface area (Å²) in [6.07, 6.45) is 13.1. The van der Waals surface area contributed by atoms with Gasteiger partial charge in [0.25, 0.3) is 0 Å². The number of pyridine rings is 1. The minimum Gasteiger partial charge on any atom is -0.367 e. The van der Waals surface area contributed by atoms with E-state index in [0.717, 1.165) is 18.2 Å². The van der Waals surface area contributed by atoms with E-state index >= 15 is 0 Å². The highest BCUT2D eigenvalue weighted by atomic mass is 15.1. The van der Waals surface area contributed by atoms with Crippen LogP contribution in [-0.4, -0.2) is 21.0 Å². The zero-order valence-electron chi connectivity index (χ0n) is 12.8. The Hall–Kier alpha value is -2.17. The van der Waals surface area contributed by atoms with Crippen molar-refractivity contribution < 1.29 is 0 Å². The molecule has 5 heteroatoms. The second kappa shape index (κ2) is 7.73. The number of anilines is 2. The van der Waals surface area contributed by atoms with Crippen LogP contribution in [0.3, 0.4) is 0 Å². The molecule has 0 atom stereocenters. The van der Waals surface area contributed by atoms with Gasteiger partial charge >= 0.3 is 0 Å². The lowest BCUT2D eigenvalue weighted by Crippen LogP contribution is -2.19. The maximum atomic E-state index is 4.35. The van der Waals surface area contributed by atoms with Gasteiger partial charge in [0.2, 0.25) is 0 Å². The summed E-state index contributed by atoms with van der Waals surface area (Å²) in [5.74, 6) is 1.77. The van der Waals surface area contributed by atoms with E-state index in [2.05, 4.69) is 25.6 Å². The lowest BCUT2D eigenvalue weighted by atomic mass is 10.1. The Morgan fingerprint density at radius 3 is 2.45 bits per heavy atom. The fourth-order valence-electron chi connectivity index (χ4n) is 2.86. The van der Waals surface area contributed by atoms with Crippen LogP contribution in [0.15, 0.2) is 36.9 Å². The molecule has 0 aromatic carbocycles. The van der Waals surface area contributed by atoms with E-state index in [1.54, 1.807) is 18.7 Å². The average molecular weight is 297 g/mol. The Balaban J connectivity index is 1.57. The maximum absolute atomic E-state index is 4.35. The van der Waals surface area contributed by atoms with E-state index in [9.17, 15) is 0 Å². The fraction of sp³-hybridized carbons (Fsp3) is 0.471. The molecule has 0 radical (unpaired) electrons. The van der Waals surface area contributed by atoms with Crippen LogP contribution in [0.4, 0.5) is 11.6 Å². The van der Waals surface area contributed by atoms with Gasteiger partial charge in [-0.2, -0.15) is 0 Å². The third-order valence-electron chi connectivity index (χ3n) is 4.10.